The van der Waals surface area contributed by atoms with Crippen molar-refractivity contribution in [2.45, 2.75) is 25.4 Å². The molecule has 104 valence electrons. The number of nitrogens with zero attached hydrogens (tertiary/aromatic N) is 3. The monoisotopic (exact) mass is 270 g/mol. The van der Waals surface area contributed by atoms with Gasteiger partial charge in [0.2, 0.25) is 5.91 Å². The number of aliphatic carboxylic acids is 1. The molecule has 0 saturated carbocycles. The van der Waals surface area contributed by atoms with Gasteiger partial charge >= 0.3 is 11.9 Å². The Hall–Kier alpha value is -2.45. The fourth-order valence-electron chi connectivity index (χ4n) is 1.32. The fourth-order valence-corrected chi connectivity index (χ4v) is 1.32. The SMILES string of the molecule is COC(=O)CC[C@H](NC(=O)Cn1cncn1)C(=O)O. The molecule has 1 heterocycles. The van der Waals surface area contributed by atoms with Crippen LogP contribution in [0.5, 0.6) is 0 Å². The third kappa shape index (κ3) is 5.15. The van der Waals surface area contributed by atoms with Crippen LogP contribution < -0.4 is 5.32 Å². The largest absolute Gasteiger partial charge is 0.480 e. The lowest BCUT2D eigenvalue weighted by Crippen LogP contribution is -2.42. The zero-order chi connectivity index (χ0) is 14.3. The molecular weight excluding hydrogens is 256 g/mol. The topological polar surface area (TPSA) is 123 Å². The zero-order valence-corrected chi connectivity index (χ0v) is 10.3. The fraction of sp³-hybridized carbons (Fsp3) is 0.500. The Labute approximate surface area is 108 Å². The highest BCUT2D eigenvalue weighted by Crippen LogP contribution is 2.00. The number of carbonyl (C=O) groups is 3. The van der Waals surface area contributed by atoms with Gasteiger partial charge in [-0.2, -0.15) is 5.10 Å². The van der Waals surface area contributed by atoms with Gasteiger partial charge in [-0.25, -0.2) is 14.5 Å². The molecule has 0 aromatic carbocycles. The summed E-state index contributed by atoms with van der Waals surface area (Å²) >= 11 is 0. The second-order valence-electron chi connectivity index (χ2n) is 3.67. The van der Waals surface area contributed by atoms with Crippen LogP contribution in [-0.4, -0.2) is 50.9 Å². The molecule has 0 fully saturated rings. The van der Waals surface area contributed by atoms with Crippen LogP contribution in [0.2, 0.25) is 0 Å². The Balaban J connectivity index is 2.46. The number of esters is 1. The Morgan fingerprint density at radius 3 is 2.74 bits per heavy atom. The van der Waals surface area contributed by atoms with Gasteiger partial charge in [-0.05, 0) is 6.42 Å². The maximum absolute atomic E-state index is 11.6. The first kappa shape index (κ1) is 14.6. The highest BCUT2D eigenvalue weighted by Gasteiger charge is 2.21. The summed E-state index contributed by atoms with van der Waals surface area (Å²) in [5.74, 6) is -2.27. The van der Waals surface area contributed by atoms with Gasteiger partial charge in [0.15, 0.2) is 0 Å². The number of carbonyl (C=O) groups excluding carboxylic acids is 2. The molecule has 1 amide bonds. The van der Waals surface area contributed by atoms with Crippen molar-refractivity contribution in [1.29, 1.82) is 0 Å². The van der Waals surface area contributed by atoms with Gasteiger partial charge in [-0.1, -0.05) is 0 Å². The van der Waals surface area contributed by atoms with Gasteiger partial charge in [-0.15, -0.1) is 0 Å². The van der Waals surface area contributed by atoms with Crippen molar-refractivity contribution in [3.8, 4) is 0 Å². The molecule has 9 heteroatoms. The summed E-state index contributed by atoms with van der Waals surface area (Å²) in [7, 11) is 1.21. The number of carboxylic acids is 1. The van der Waals surface area contributed by atoms with Gasteiger partial charge in [-0.3, -0.25) is 9.59 Å². The number of rotatable bonds is 7. The third-order valence-electron chi connectivity index (χ3n) is 2.27. The lowest BCUT2D eigenvalue weighted by Gasteiger charge is -2.13. The summed E-state index contributed by atoms with van der Waals surface area (Å²) in [6.45, 7) is -0.137. The molecule has 0 bridgehead atoms. The van der Waals surface area contributed by atoms with E-state index in [9.17, 15) is 14.4 Å². The highest BCUT2D eigenvalue weighted by molar-refractivity contribution is 5.83. The number of hydrogen-bond acceptors (Lipinski definition) is 6. The quantitative estimate of drug-likeness (QED) is 0.596. The van der Waals surface area contributed by atoms with E-state index in [-0.39, 0.29) is 19.4 Å². The summed E-state index contributed by atoms with van der Waals surface area (Å²) < 4.78 is 5.66. The Bertz CT molecular complexity index is 445. The molecule has 0 unspecified atom stereocenters. The minimum absolute atomic E-state index is 0.0366. The number of nitrogens with one attached hydrogen (secondary N) is 1. The summed E-state index contributed by atoms with van der Waals surface area (Å²) in [5, 5.41) is 15.0. The second kappa shape index (κ2) is 7.09. The van der Waals surface area contributed by atoms with Crippen molar-refractivity contribution in [3.05, 3.63) is 12.7 Å². The van der Waals surface area contributed by atoms with Crippen LogP contribution in [0.15, 0.2) is 12.7 Å². The molecule has 1 aromatic heterocycles. The van der Waals surface area contributed by atoms with Gasteiger partial charge in [0.25, 0.3) is 0 Å². The molecule has 0 spiro atoms. The van der Waals surface area contributed by atoms with Gasteiger partial charge in [0.05, 0.1) is 7.11 Å². The first-order chi connectivity index (χ1) is 9.02. The molecule has 2 N–H and O–H groups in total. The zero-order valence-electron chi connectivity index (χ0n) is 10.3. The number of aromatic nitrogens is 3. The van der Waals surface area contributed by atoms with E-state index in [0.29, 0.717) is 0 Å². The molecule has 9 nitrogen and oxygen atoms in total. The molecule has 1 rings (SSSR count). The molecular formula is C10H14N4O5. The maximum Gasteiger partial charge on any atom is 0.326 e. The molecule has 1 atom stereocenters. The van der Waals surface area contributed by atoms with Crippen LogP contribution in [0.3, 0.4) is 0 Å². The van der Waals surface area contributed by atoms with E-state index in [2.05, 4.69) is 20.1 Å². The van der Waals surface area contributed by atoms with Crippen molar-refractivity contribution in [3.63, 3.8) is 0 Å². The molecule has 0 aliphatic carbocycles. The first-order valence-electron chi connectivity index (χ1n) is 5.44. The Morgan fingerprint density at radius 2 is 2.21 bits per heavy atom. The van der Waals surface area contributed by atoms with Crippen molar-refractivity contribution in [1.82, 2.24) is 20.1 Å². The van der Waals surface area contributed by atoms with Crippen LogP contribution in [0, 0.1) is 0 Å². The van der Waals surface area contributed by atoms with E-state index in [1.54, 1.807) is 0 Å². The average Bonchev–Trinajstić information content (AvgIpc) is 2.86. The van der Waals surface area contributed by atoms with E-state index in [1.807, 2.05) is 0 Å². The molecule has 1 aromatic rings. The average molecular weight is 270 g/mol. The van der Waals surface area contributed by atoms with E-state index >= 15 is 0 Å². The van der Waals surface area contributed by atoms with E-state index in [4.69, 9.17) is 5.11 Å². The summed E-state index contributed by atoms with van der Waals surface area (Å²) in [6, 6.07) is -1.14. The lowest BCUT2D eigenvalue weighted by atomic mass is 10.1. The molecule has 19 heavy (non-hydrogen) atoms. The molecule has 0 aliphatic heterocycles. The summed E-state index contributed by atoms with van der Waals surface area (Å²) in [6.07, 6.45) is 2.48. The van der Waals surface area contributed by atoms with Crippen LogP contribution in [0.4, 0.5) is 0 Å². The van der Waals surface area contributed by atoms with Crippen molar-refractivity contribution >= 4 is 17.8 Å². The summed E-state index contributed by atoms with van der Waals surface area (Å²) in [4.78, 5) is 37.1. The van der Waals surface area contributed by atoms with Crippen LogP contribution >= 0.6 is 0 Å². The molecule has 0 aliphatic rings. The van der Waals surface area contributed by atoms with Crippen molar-refractivity contribution in [2.24, 2.45) is 0 Å². The van der Waals surface area contributed by atoms with Crippen LogP contribution in [0.1, 0.15) is 12.8 Å². The predicted molar refractivity (Wildman–Crippen MR) is 60.8 cm³/mol. The number of hydrogen-bond donors (Lipinski definition) is 2. The Morgan fingerprint density at radius 1 is 1.47 bits per heavy atom. The van der Waals surface area contributed by atoms with Gasteiger partial charge in [0, 0.05) is 6.42 Å². The second-order valence-corrected chi connectivity index (χ2v) is 3.67. The molecule has 0 saturated heterocycles. The number of methoxy groups -OCH3 is 1. The van der Waals surface area contributed by atoms with Crippen molar-refractivity contribution in [2.75, 3.05) is 7.11 Å². The smallest absolute Gasteiger partial charge is 0.326 e. The van der Waals surface area contributed by atoms with Gasteiger partial charge in [0.1, 0.15) is 25.2 Å². The minimum atomic E-state index is -1.21. The maximum atomic E-state index is 11.6. The van der Waals surface area contributed by atoms with E-state index in [1.165, 1.54) is 24.4 Å². The van der Waals surface area contributed by atoms with Gasteiger partial charge < -0.3 is 15.2 Å². The van der Waals surface area contributed by atoms with Crippen molar-refractivity contribution < 1.29 is 24.2 Å². The minimum Gasteiger partial charge on any atom is -0.480 e. The van der Waals surface area contributed by atoms with E-state index in [0.717, 1.165) is 0 Å². The normalized spacial score (nSPS) is 11.6. The van der Waals surface area contributed by atoms with E-state index < -0.39 is 23.9 Å². The number of carboxylic acid groups (broad SMARTS) is 1. The highest BCUT2D eigenvalue weighted by atomic mass is 16.5. The predicted octanol–water partition coefficient (Wildman–Crippen LogP) is -1.20. The lowest BCUT2D eigenvalue weighted by molar-refractivity contribution is -0.144. The molecule has 0 radical (unpaired) electrons. The van der Waals surface area contributed by atoms with Crippen LogP contribution in [0.25, 0.3) is 0 Å². The summed E-state index contributed by atoms with van der Waals surface area (Å²) in [5.41, 5.74) is 0. The Kier molecular flexibility index (Phi) is 5.45. The standard InChI is InChI=1S/C10H14N4O5/c1-19-9(16)3-2-7(10(17)18)13-8(15)4-14-6-11-5-12-14/h5-7H,2-4H2,1H3,(H,13,15)(H,17,18)/t7-/m0/s1. The third-order valence-corrected chi connectivity index (χ3v) is 2.27. The number of ether oxygens (including phenoxy) is 1. The number of amides is 1. The first-order valence-corrected chi connectivity index (χ1v) is 5.44. The van der Waals surface area contributed by atoms with Crippen LogP contribution in [-0.2, 0) is 25.7 Å².